The van der Waals surface area contributed by atoms with Crippen molar-refractivity contribution in [3.63, 3.8) is 0 Å². The van der Waals surface area contributed by atoms with E-state index in [-0.39, 0.29) is 5.69 Å². The molecule has 120 valence electrons. The van der Waals surface area contributed by atoms with Crippen LogP contribution in [0, 0.1) is 0 Å². The van der Waals surface area contributed by atoms with E-state index in [1.165, 1.54) is 12.5 Å². The molecule has 1 heterocycles. The number of carbonyl (C=O) groups is 1. The van der Waals surface area contributed by atoms with E-state index in [1.807, 2.05) is 0 Å². The standard InChI is InChI=1S/C13H21F3N4O/c1-3-10(4-2)20(8-13(14,15)16)12(21)11-7-19(6-5-17)9-18-11/h7,9-10H,3-6,8,17H2,1-2H3. The van der Waals surface area contributed by atoms with Crippen LogP contribution >= 0.6 is 0 Å². The molecule has 0 saturated carbocycles. The molecule has 2 N–H and O–H groups in total. The lowest BCUT2D eigenvalue weighted by Crippen LogP contribution is -2.45. The molecule has 0 unspecified atom stereocenters. The van der Waals surface area contributed by atoms with Crippen molar-refractivity contribution in [2.75, 3.05) is 13.1 Å². The van der Waals surface area contributed by atoms with Crippen molar-refractivity contribution in [3.8, 4) is 0 Å². The molecule has 1 aromatic rings. The molecule has 5 nitrogen and oxygen atoms in total. The number of rotatable bonds is 7. The molecule has 0 saturated heterocycles. The molecular formula is C13H21F3N4O. The van der Waals surface area contributed by atoms with Gasteiger partial charge >= 0.3 is 6.18 Å². The van der Waals surface area contributed by atoms with Crippen LogP contribution in [-0.4, -0.2) is 45.7 Å². The van der Waals surface area contributed by atoms with Crippen molar-refractivity contribution >= 4 is 5.91 Å². The smallest absolute Gasteiger partial charge is 0.335 e. The van der Waals surface area contributed by atoms with Crippen LogP contribution in [0.4, 0.5) is 13.2 Å². The molecule has 0 aliphatic heterocycles. The molecule has 0 atom stereocenters. The fraction of sp³-hybridized carbons (Fsp3) is 0.692. The number of aromatic nitrogens is 2. The summed E-state index contributed by atoms with van der Waals surface area (Å²) in [5.41, 5.74) is 5.40. The third-order valence-corrected chi connectivity index (χ3v) is 3.23. The zero-order valence-corrected chi connectivity index (χ0v) is 12.2. The van der Waals surface area contributed by atoms with Gasteiger partial charge in [0.15, 0.2) is 0 Å². The van der Waals surface area contributed by atoms with E-state index in [1.54, 1.807) is 18.4 Å². The summed E-state index contributed by atoms with van der Waals surface area (Å²) < 4.78 is 39.7. The zero-order chi connectivity index (χ0) is 16.0. The number of hydrogen-bond donors (Lipinski definition) is 1. The fourth-order valence-corrected chi connectivity index (χ4v) is 2.18. The van der Waals surface area contributed by atoms with Crippen LogP contribution in [0.1, 0.15) is 37.2 Å². The maximum atomic E-state index is 12.7. The molecule has 0 spiro atoms. The average Bonchev–Trinajstić information content (AvgIpc) is 2.86. The number of nitrogens with zero attached hydrogens (tertiary/aromatic N) is 3. The van der Waals surface area contributed by atoms with Crippen molar-refractivity contribution in [1.82, 2.24) is 14.5 Å². The summed E-state index contributed by atoms with van der Waals surface area (Å²) in [4.78, 5) is 17.1. The van der Waals surface area contributed by atoms with Gasteiger partial charge in [0.25, 0.3) is 5.91 Å². The fourth-order valence-electron chi connectivity index (χ4n) is 2.18. The van der Waals surface area contributed by atoms with E-state index in [9.17, 15) is 18.0 Å². The first-order valence-electron chi connectivity index (χ1n) is 6.91. The minimum atomic E-state index is -4.43. The van der Waals surface area contributed by atoms with E-state index in [0.717, 1.165) is 4.90 Å². The highest BCUT2D eigenvalue weighted by Gasteiger charge is 2.36. The van der Waals surface area contributed by atoms with Gasteiger partial charge in [-0.05, 0) is 12.8 Å². The van der Waals surface area contributed by atoms with E-state index in [2.05, 4.69) is 4.98 Å². The number of imidazole rings is 1. The lowest BCUT2D eigenvalue weighted by molar-refractivity contribution is -0.145. The molecule has 0 bridgehead atoms. The second-order valence-corrected chi connectivity index (χ2v) is 4.80. The Bertz CT molecular complexity index is 455. The molecule has 1 rings (SSSR count). The molecule has 0 aromatic carbocycles. The first-order valence-corrected chi connectivity index (χ1v) is 6.91. The highest BCUT2D eigenvalue weighted by molar-refractivity contribution is 5.92. The summed E-state index contributed by atoms with van der Waals surface area (Å²) in [6, 6.07) is -0.459. The van der Waals surface area contributed by atoms with E-state index >= 15 is 0 Å². The second kappa shape index (κ2) is 7.44. The van der Waals surface area contributed by atoms with E-state index in [0.29, 0.717) is 25.9 Å². The first kappa shape index (κ1) is 17.5. The Balaban J connectivity index is 2.97. The van der Waals surface area contributed by atoms with Gasteiger partial charge in [0.2, 0.25) is 0 Å². The van der Waals surface area contributed by atoms with Crippen LogP contribution in [0.5, 0.6) is 0 Å². The molecule has 0 fully saturated rings. The summed E-state index contributed by atoms with van der Waals surface area (Å²) in [5, 5.41) is 0. The number of amides is 1. The van der Waals surface area contributed by atoms with Gasteiger partial charge in [-0.3, -0.25) is 4.79 Å². The number of nitrogens with two attached hydrogens (primary N) is 1. The van der Waals surface area contributed by atoms with Crippen molar-refractivity contribution in [3.05, 3.63) is 18.2 Å². The third-order valence-electron chi connectivity index (χ3n) is 3.23. The van der Waals surface area contributed by atoms with Crippen LogP contribution in [-0.2, 0) is 6.54 Å². The van der Waals surface area contributed by atoms with Gasteiger partial charge in [-0.1, -0.05) is 13.8 Å². The summed E-state index contributed by atoms with van der Waals surface area (Å²) in [5.74, 6) is -0.697. The van der Waals surface area contributed by atoms with Crippen LogP contribution in [0.2, 0.25) is 0 Å². The van der Waals surface area contributed by atoms with Gasteiger partial charge in [0.1, 0.15) is 12.2 Å². The molecular weight excluding hydrogens is 285 g/mol. The average molecular weight is 306 g/mol. The van der Waals surface area contributed by atoms with Crippen molar-refractivity contribution in [2.24, 2.45) is 5.73 Å². The predicted octanol–water partition coefficient (Wildman–Crippen LogP) is 2.03. The van der Waals surface area contributed by atoms with Gasteiger partial charge in [-0.15, -0.1) is 0 Å². The van der Waals surface area contributed by atoms with Crippen LogP contribution in [0.25, 0.3) is 0 Å². The van der Waals surface area contributed by atoms with Crippen LogP contribution in [0.3, 0.4) is 0 Å². The minimum absolute atomic E-state index is 0.0135. The molecule has 21 heavy (non-hydrogen) atoms. The Morgan fingerprint density at radius 2 is 2.05 bits per heavy atom. The number of halogens is 3. The topological polar surface area (TPSA) is 64.2 Å². The lowest BCUT2D eigenvalue weighted by Gasteiger charge is -2.30. The molecule has 1 amide bonds. The largest absolute Gasteiger partial charge is 0.406 e. The third kappa shape index (κ3) is 5.04. The monoisotopic (exact) mass is 306 g/mol. The Hall–Kier alpha value is -1.57. The van der Waals surface area contributed by atoms with Gasteiger partial charge in [-0.25, -0.2) is 4.98 Å². The second-order valence-electron chi connectivity index (χ2n) is 4.80. The maximum Gasteiger partial charge on any atom is 0.406 e. The summed E-state index contributed by atoms with van der Waals surface area (Å²) in [7, 11) is 0. The van der Waals surface area contributed by atoms with Crippen molar-refractivity contribution in [1.29, 1.82) is 0 Å². The molecule has 8 heteroatoms. The maximum absolute atomic E-state index is 12.7. The number of carbonyl (C=O) groups excluding carboxylic acids is 1. The Labute approximate surface area is 121 Å². The van der Waals surface area contributed by atoms with Crippen molar-refractivity contribution in [2.45, 2.75) is 45.5 Å². The Morgan fingerprint density at radius 3 is 2.52 bits per heavy atom. The summed E-state index contributed by atoms with van der Waals surface area (Å²) in [6.45, 7) is 3.09. The van der Waals surface area contributed by atoms with Crippen molar-refractivity contribution < 1.29 is 18.0 Å². The number of alkyl halides is 3. The Morgan fingerprint density at radius 1 is 1.43 bits per heavy atom. The lowest BCUT2D eigenvalue weighted by atomic mass is 10.1. The van der Waals surface area contributed by atoms with Gasteiger partial charge in [-0.2, -0.15) is 13.2 Å². The molecule has 0 aliphatic rings. The molecule has 0 aliphatic carbocycles. The molecule has 0 radical (unpaired) electrons. The summed E-state index contributed by atoms with van der Waals surface area (Å²) in [6.07, 6.45) is -0.679. The highest BCUT2D eigenvalue weighted by atomic mass is 19.4. The quantitative estimate of drug-likeness (QED) is 0.838. The number of hydrogen-bond acceptors (Lipinski definition) is 3. The Kier molecular flexibility index (Phi) is 6.19. The highest BCUT2D eigenvalue weighted by Crippen LogP contribution is 2.22. The molecule has 1 aromatic heterocycles. The van der Waals surface area contributed by atoms with Crippen LogP contribution < -0.4 is 5.73 Å². The van der Waals surface area contributed by atoms with Gasteiger partial charge < -0.3 is 15.2 Å². The summed E-state index contributed by atoms with van der Waals surface area (Å²) >= 11 is 0. The first-order chi connectivity index (χ1) is 9.82. The minimum Gasteiger partial charge on any atom is -0.335 e. The van der Waals surface area contributed by atoms with E-state index < -0.39 is 24.7 Å². The van der Waals surface area contributed by atoms with E-state index in [4.69, 9.17) is 5.73 Å². The zero-order valence-electron chi connectivity index (χ0n) is 12.2. The van der Waals surface area contributed by atoms with Crippen LogP contribution in [0.15, 0.2) is 12.5 Å². The van der Waals surface area contributed by atoms with Gasteiger partial charge in [0.05, 0.1) is 6.33 Å². The predicted molar refractivity (Wildman–Crippen MR) is 72.7 cm³/mol. The SMILES string of the molecule is CCC(CC)N(CC(F)(F)F)C(=O)c1cn(CCN)cn1. The van der Waals surface area contributed by atoms with Gasteiger partial charge in [0, 0.05) is 25.3 Å². The normalized spacial score (nSPS) is 12.0.